The summed E-state index contributed by atoms with van der Waals surface area (Å²) in [6.07, 6.45) is 10.2. The van der Waals surface area contributed by atoms with Crippen LogP contribution in [0.3, 0.4) is 0 Å². The number of ether oxygens (including phenoxy) is 2. The number of nitrogens with zero attached hydrogens (tertiary/aromatic N) is 7. The van der Waals surface area contributed by atoms with Crippen molar-refractivity contribution in [2.75, 3.05) is 68.1 Å². The highest BCUT2D eigenvalue weighted by molar-refractivity contribution is 6.08. The number of imide groups is 1. The van der Waals surface area contributed by atoms with E-state index in [-0.39, 0.29) is 30.0 Å². The smallest absolute Gasteiger partial charge is 0.329 e. The van der Waals surface area contributed by atoms with Crippen LogP contribution in [0.1, 0.15) is 80.2 Å². The first kappa shape index (κ1) is 39.5. The molecule has 4 fully saturated rings. The van der Waals surface area contributed by atoms with Crippen molar-refractivity contribution in [1.82, 2.24) is 29.1 Å². The van der Waals surface area contributed by atoms with Gasteiger partial charge in [0, 0.05) is 69.4 Å². The molecule has 4 bridgehead atoms. The first-order chi connectivity index (χ1) is 29.7. The summed E-state index contributed by atoms with van der Waals surface area (Å²) in [7, 11) is 4.05. The Bertz CT molecular complexity index is 2550. The average Bonchev–Trinajstić information content (AvgIpc) is 3.98. The summed E-state index contributed by atoms with van der Waals surface area (Å²) in [4.78, 5) is 58.9. The lowest BCUT2D eigenvalue weighted by Gasteiger charge is -2.40. The number of aryl methyl sites for hydroxylation is 1. The van der Waals surface area contributed by atoms with Crippen molar-refractivity contribution in [1.29, 1.82) is 0 Å². The minimum atomic E-state index is -0.697. The third-order valence-electron chi connectivity index (χ3n) is 13.9. The molecule has 3 amide bonds. The molecule has 6 heterocycles. The second-order valence-corrected chi connectivity index (χ2v) is 17.8. The van der Waals surface area contributed by atoms with Gasteiger partial charge in [0.15, 0.2) is 0 Å². The number of carbonyl (C=O) groups excluding carboxylic acids is 3. The Morgan fingerprint density at radius 2 is 1.64 bits per heavy atom. The summed E-state index contributed by atoms with van der Waals surface area (Å²) in [5.74, 6) is 0.407. The standard InChI is InChI=1S/C46H55N9O6/c1-50(32-15-18-52(19-16-32)38-7-4-8-39-43(38)51(2)46(59)55(39)40-13-14-42(56)48-45(40)58)26-29-9-11-33(12-10-29)54-27-31-24-37-41(25-36(31)49-54)53-20-17-35(28-53)61-22-21-60-34-6-3-5-30(23-34)44(57)47-37/h3-8,23-25,27,29,32-33,35,40H,9-22,26,28H2,1-2H3,(H,47,57)(H,48,56,58)/t29-,33-,35-,40?/m0/s1. The van der Waals surface area contributed by atoms with Crippen molar-refractivity contribution < 1.29 is 23.9 Å². The number of carbonyl (C=O) groups is 3. The molecule has 10 rings (SSSR count). The maximum atomic E-state index is 13.5. The van der Waals surface area contributed by atoms with Gasteiger partial charge in [0.25, 0.3) is 5.91 Å². The van der Waals surface area contributed by atoms with Gasteiger partial charge in [0.2, 0.25) is 11.8 Å². The lowest BCUT2D eigenvalue weighted by molar-refractivity contribution is -0.135. The molecule has 3 aromatic carbocycles. The lowest BCUT2D eigenvalue weighted by atomic mass is 9.85. The Hall–Kier alpha value is -5.67. The topological polar surface area (TPSA) is 148 Å². The van der Waals surface area contributed by atoms with Gasteiger partial charge in [-0.25, -0.2) is 4.79 Å². The summed E-state index contributed by atoms with van der Waals surface area (Å²) in [5, 5.41) is 11.8. The van der Waals surface area contributed by atoms with Gasteiger partial charge in [-0.3, -0.25) is 33.5 Å². The molecule has 0 radical (unpaired) electrons. The average molecular weight is 830 g/mol. The van der Waals surface area contributed by atoms with Gasteiger partial charge >= 0.3 is 5.69 Å². The fourth-order valence-corrected chi connectivity index (χ4v) is 10.6. The molecule has 1 aliphatic carbocycles. The second kappa shape index (κ2) is 16.3. The van der Waals surface area contributed by atoms with Crippen LogP contribution in [0.2, 0.25) is 0 Å². The van der Waals surface area contributed by atoms with Gasteiger partial charge in [-0.1, -0.05) is 12.1 Å². The van der Waals surface area contributed by atoms with Crippen LogP contribution in [-0.4, -0.2) is 107 Å². The quantitative estimate of drug-likeness (QED) is 0.218. The minimum Gasteiger partial charge on any atom is -0.491 e. The van der Waals surface area contributed by atoms with E-state index in [2.05, 4.69) is 61.5 Å². The highest BCUT2D eigenvalue weighted by Crippen LogP contribution is 2.38. The molecule has 15 nitrogen and oxygen atoms in total. The van der Waals surface area contributed by atoms with Gasteiger partial charge < -0.3 is 29.5 Å². The molecule has 2 atom stereocenters. The van der Waals surface area contributed by atoms with E-state index in [4.69, 9.17) is 14.6 Å². The molecule has 320 valence electrons. The van der Waals surface area contributed by atoms with Gasteiger partial charge in [-0.05, 0) is 107 Å². The molecular weight excluding hydrogens is 775 g/mol. The van der Waals surface area contributed by atoms with Crippen molar-refractivity contribution in [3.63, 3.8) is 0 Å². The van der Waals surface area contributed by atoms with Crippen LogP contribution in [0.5, 0.6) is 5.75 Å². The molecule has 61 heavy (non-hydrogen) atoms. The number of imidazole rings is 1. The summed E-state index contributed by atoms with van der Waals surface area (Å²) in [6.45, 7) is 5.36. The predicted octanol–water partition coefficient (Wildman–Crippen LogP) is 5.24. The Labute approximate surface area is 354 Å². The van der Waals surface area contributed by atoms with E-state index in [0.29, 0.717) is 48.9 Å². The third-order valence-corrected chi connectivity index (χ3v) is 13.9. The van der Waals surface area contributed by atoms with Crippen molar-refractivity contribution in [2.24, 2.45) is 13.0 Å². The molecular formula is C46H55N9O6. The van der Waals surface area contributed by atoms with Gasteiger partial charge in [-0.2, -0.15) is 5.10 Å². The maximum Gasteiger partial charge on any atom is 0.329 e. The number of para-hydroxylation sites is 1. The highest BCUT2D eigenvalue weighted by atomic mass is 16.5. The van der Waals surface area contributed by atoms with Gasteiger partial charge in [0.1, 0.15) is 18.4 Å². The van der Waals surface area contributed by atoms with Crippen LogP contribution in [0.25, 0.3) is 21.9 Å². The first-order valence-electron chi connectivity index (χ1n) is 22.1. The van der Waals surface area contributed by atoms with Crippen LogP contribution < -0.4 is 30.9 Å². The number of rotatable bonds is 6. The SMILES string of the molecule is CN(C[C@H]1CC[C@H](n2cc3cc4c(cc3n2)N2CC[C@@H](C2)OCCOc2cccc(c2)C(=O)N4)CC1)C1CCN(c2cccc3c2n(C)c(=O)n3C2CCC(=O)NC2=O)CC1. The van der Waals surface area contributed by atoms with Crippen molar-refractivity contribution in [3.8, 4) is 5.75 Å². The molecule has 4 aliphatic heterocycles. The Balaban J connectivity index is 0.776. The number of hydrogen-bond acceptors (Lipinski definition) is 10. The largest absolute Gasteiger partial charge is 0.491 e. The zero-order valence-electron chi connectivity index (χ0n) is 35.1. The normalized spacial score (nSPS) is 24.1. The van der Waals surface area contributed by atoms with Gasteiger partial charge in [0.05, 0.1) is 52.4 Å². The summed E-state index contributed by atoms with van der Waals surface area (Å²) >= 11 is 0. The second-order valence-electron chi connectivity index (χ2n) is 17.8. The first-order valence-corrected chi connectivity index (χ1v) is 22.1. The molecule has 1 saturated carbocycles. The number of amides is 3. The Morgan fingerprint density at radius 3 is 2.46 bits per heavy atom. The fourth-order valence-electron chi connectivity index (χ4n) is 10.6. The number of nitrogens with one attached hydrogen (secondary N) is 2. The fraction of sp³-hybridized carbons (Fsp3) is 0.500. The number of anilines is 3. The lowest BCUT2D eigenvalue weighted by Crippen LogP contribution is -2.45. The zero-order valence-corrected chi connectivity index (χ0v) is 35.1. The molecule has 0 spiro atoms. The minimum absolute atomic E-state index is 0.101. The van der Waals surface area contributed by atoms with Crippen LogP contribution in [0, 0.1) is 5.92 Å². The van der Waals surface area contributed by atoms with Crippen LogP contribution in [0.4, 0.5) is 17.1 Å². The van der Waals surface area contributed by atoms with E-state index < -0.39 is 11.9 Å². The highest BCUT2D eigenvalue weighted by Gasteiger charge is 2.34. The summed E-state index contributed by atoms with van der Waals surface area (Å²) in [5.41, 5.74) is 5.58. The molecule has 2 N–H and O–H groups in total. The van der Waals surface area contributed by atoms with E-state index in [1.807, 2.05) is 30.3 Å². The van der Waals surface area contributed by atoms with E-state index in [1.54, 1.807) is 22.2 Å². The van der Waals surface area contributed by atoms with Crippen LogP contribution in [-0.2, 0) is 21.4 Å². The van der Waals surface area contributed by atoms with Gasteiger partial charge in [-0.15, -0.1) is 0 Å². The molecule has 15 heteroatoms. The van der Waals surface area contributed by atoms with E-state index in [0.717, 1.165) is 117 Å². The maximum absolute atomic E-state index is 13.5. The number of piperidine rings is 2. The number of aromatic nitrogens is 4. The molecule has 5 aliphatic rings. The Morgan fingerprint density at radius 1 is 0.836 bits per heavy atom. The Kier molecular flexibility index (Phi) is 10.6. The third kappa shape index (κ3) is 7.66. The van der Waals surface area contributed by atoms with E-state index >= 15 is 0 Å². The monoisotopic (exact) mass is 829 g/mol. The summed E-state index contributed by atoms with van der Waals surface area (Å²) in [6, 6.07) is 17.6. The summed E-state index contributed by atoms with van der Waals surface area (Å²) < 4.78 is 17.5. The number of benzene rings is 3. The molecule has 2 aromatic heterocycles. The number of fused-ring (bicyclic) bond motifs is 8. The van der Waals surface area contributed by atoms with Crippen molar-refractivity contribution in [2.45, 2.75) is 82.0 Å². The van der Waals surface area contributed by atoms with E-state index in [1.165, 1.54) is 0 Å². The number of hydrogen-bond donors (Lipinski definition) is 2. The molecule has 1 unspecified atom stereocenters. The van der Waals surface area contributed by atoms with E-state index in [9.17, 15) is 19.2 Å². The predicted molar refractivity (Wildman–Crippen MR) is 234 cm³/mol. The molecule has 5 aromatic rings. The molecule has 3 saturated heterocycles. The zero-order chi connectivity index (χ0) is 41.8. The van der Waals surface area contributed by atoms with Crippen molar-refractivity contribution in [3.05, 3.63) is 76.8 Å². The van der Waals surface area contributed by atoms with Crippen molar-refractivity contribution >= 4 is 56.7 Å². The van der Waals surface area contributed by atoms with Crippen LogP contribution >= 0.6 is 0 Å². The van der Waals surface area contributed by atoms with Crippen LogP contribution in [0.15, 0.2) is 65.6 Å².